The summed E-state index contributed by atoms with van der Waals surface area (Å²) in [5, 5.41) is 3.18. The molecule has 0 saturated carbocycles. The summed E-state index contributed by atoms with van der Waals surface area (Å²) < 4.78 is 26.1. The van der Waals surface area contributed by atoms with Gasteiger partial charge >= 0.3 is 7.12 Å². The molecule has 1 atom stereocenters. The molecule has 2 aliphatic rings. The van der Waals surface area contributed by atoms with Gasteiger partial charge in [-0.2, -0.15) is 0 Å². The van der Waals surface area contributed by atoms with E-state index in [9.17, 15) is 9.18 Å². The zero-order chi connectivity index (χ0) is 18.4. The normalized spacial score (nSPS) is 23.8. The lowest BCUT2D eigenvalue weighted by Gasteiger charge is -2.32. The minimum absolute atomic E-state index is 0. The number of rotatable bonds is 3. The van der Waals surface area contributed by atoms with Gasteiger partial charge in [0.05, 0.1) is 11.2 Å². The number of hydrogen-bond acceptors (Lipinski definition) is 4. The largest absolute Gasteiger partial charge is 0.494 e. The Bertz CT molecular complexity index is 670. The molecule has 26 heavy (non-hydrogen) atoms. The van der Waals surface area contributed by atoms with Gasteiger partial charge in [0, 0.05) is 24.7 Å². The van der Waals surface area contributed by atoms with Crippen molar-refractivity contribution in [3.63, 3.8) is 0 Å². The zero-order valence-corrected chi connectivity index (χ0v) is 16.8. The molecule has 1 aromatic rings. The maximum absolute atomic E-state index is 14.2. The van der Waals surface area contributed by atoms with E-state index in [0.717, 1.165) is 6.42 Å². The van der Waals surface area contributed by atoms with Gasteiger partial charge in [-0.1, -0.05) is 0 Å². The first kappa shape index (κ1) is 21.2. The van der Waals surface area contributed by atoms with Gasteiger partial charge in [-0.05, 0) is 64.8 Å². The van der Waals surface area contributed by atoms with E-state index in [1.165, 1.54) is 12.1 Å². The van der Waals surface area contributed by atoms with Gasteiger partial charge in [0.2, 0.25) is 0 Å². The molecule has 8 heteroatoms. The molecule has 2 heterocycles. The molecule has 0 bridgehead atoms. The number of nitrogens with one attached hydrogen (secondary N) is 1. The molecule has 1 amide bonds. The SMILES string of the molecule is CN[C@H]1CCN(C(=O)c2cc(F)cc(B3OC(C)(C)C(C)(C)O3)c2)C1.Cl. The highest BCUT2D eigenvalue weighted by atomic mass is 35.5. The topological polar surface area (TPSA) is 50.8 Å². The highest BCUT2D eigenvalue weighted by Crippen LogP contribution is 2.36. The lowest BCUT2D eigenvalue weighted by Crippen LogP contribution is -2.41. The lowest BCUT2D eigenvalue weighted by atomic mass is 9.78. The molecule has 5 nitrogen and oxygen atoms in total. The maximum Gasteiger partial charge on any atom is 0.494 e. The summed E-state index contributed by atoms with van der Waals surface area (Å²) in [7, 11) is 1.20. The van der Waals surface area contributed by atoms with Crippen LogP contribution in [0.25, 0.3) is 0 Å². The quantitative estimate of drug-likeness (QED) is 0.810. The number of nitrogens with zero attached hydrogens (tertiary/aromatic N) is 1. The van der Waals surface area contributed by atoms with Crippen molar-refractivity contribution in [3.05, 3.63) is 29.6 Å². The summed E-state index contributed by atoms with van der Waals surface area (Å²) in [6.45, 7) is 9.09. The standard InChI is InChI=1S/C18H26BFN2O3.ClH/c1-17(2)18(3,4)25-19(24-17)13-8-12(9-14(20)10-13)16(23)22-7-6-15(11-22)21-5;/h8-10,15,21H,6-7,11H2,1-5H3;1H/t15-;/m0./s1. The van der Waals surface area contributed by atoms with Gasteiger partial charge in [-0.15, -0.1) is 12.4 Å². The third-order valence-electron chi connectivity index (χ3n) is 5.58. The Morgan fingerprint density at radius 2 is 1.85 bits per heavy atom. The molecule has 3 rings (SSSR count). The van der Waals surface area contributed by atoms with Gasteiger partial charge in [-0.25, -0.2) is 4.39 Å². The van der Waals surface area contributed by atoms with Crippen molar-refractivity contribution >= 4 is 30.9 Å². The van der Waals surface area contributed by atoms with Crippen LogP contribution in [0, 0.1) is 5.82 Å². The first-order valence-electron chi connectivity index (χ1n) is 8.75. The van der Waals surface area contributed by atoms with Crippen molar-refractivity contribution in [3.8, 4) is 0 Å². The summed E-state index contributed by atoms with van der Waals surface area (Å²) in [4.78, 5) is 14.5. The summed E-state index contributed by atoms with van der Waals surface area (Å²) in [6, 6.07) is 4.63. The number of halogens is 2. The number of hydrogen-bond donors (Lipinski definition) is 1. The van der Waals surface area contributed by atoms with Crippen LogP contribution in [-0.2, 0) is 9.31 Å². The van der Waals surface area contributed by atoms with E-state index >= 15 is 0 Å². The summed E-state index contributed by atoms with van der Waals surface area (Å²) >= 11 is 0. The molecule has 0 aliphatic carbocycles. The molecule has 2 fully saturated rings. The zero-order valence-electron chi connectivity index (χ0n) is 16.0. The number of carbonyl (C=O) groups excluding carboxylic acids is 1. The number of carbonyl (C=O) groups is 1. The third-order valence-corrected chi connectivity index (χ3v) is 5.58. The first-order valence-corrected chi connectivity index (χ1v) is 8.75. The number of benzene rings is 1. The van der Waals surface area contributed by atoms with Crippen LogP contribution in [0.1, 0.15) is 44.5 Å². The Morgan fingerprint density at radius 3 is 2.38 bits per heavy atom. The minimum Gasteiger partial charge on any atom is -0.399 e. The second kappa shape index (κ2) is 7.47. The van der Waals surface area contributed by atoms with Crippen LogP contribution in [0.15, 0.2) is 18.2 Å². The Morgan fingerprint density at radius 1 is 1.23 bits per heavy atom. The van der Waals surface area contributed by atoms with E-state index in [2.05, 4.69) is 5.32 Å². The molecular weight excluding hydrogens is 357 g/mol. The highest BCUT2D eigenvalue weighted by molar-refractivity contribution is 6.62. The Labute approximate surface area is 161 Å². The van der Waals surface area contributed by atoms with Crippen LogP contribution >= 0.6 is 12.4 Å². The smallest absolute Gasteiger partial charge is 0.399 e. The molecule has 2 aliphatic heterocycles. The number of likely N-dealkylation sites (N-methyl/N-ethyl adjacent to an activating group) is 1. The molecule has 144 valence electrons. The van der Waals surface area contributed by atoms with Crippen molar-refractivity contribution in [2.75, 3.05) is 20.1 Å². The summed E-state index contributed by atoms with van der Waals surface area (Å²) in [6.07, 6.45) is 0.904. The van der Waals surface area contributed by atoms with E-state index in [1.54, 1.807) is 11.0 Å². The molecule has 0 spiro atoms. The van der Waals surface area contributed by atoms with Crippen molar-refractivity contribution in [1.29, 1.82) is 0 Å². The maximum atomic E-state index is 14.2. The highest BCUT2D eigenvalue weighted by Gasteiger charge is 2.51. The van der Waals surface area contributed by atoms with Crippen LogP contribution < -0.4 is 10.8 Å². The lowest BCUT2D eigenvalue weighted by molar-refractivity contribution is 0.00578. The average molecular weight is 385 g/mol. The van der Waals surface area contributed by atoms with Crippen LogP contribution in [-0.4, -0.2) is 55.3 Å². The van der Waals surface area contributed by atoms with Gasteiger partial charge in [0.1, 0.15) is 5.82 Å². The van der Waals surface area contributed by atoms with Crippen LogP contribution in [0.4, 0.5) is 4.39 Å². The summed E-state index contributed by atoms with van der Waals surface area (Å²) in [5.41, 5.74) is -0.153. The third kappa shape index (κ3) is 3.91. The molecule has 1 aromatic carbocycles. The Kier molecular flexibility index (Phi) is 6.08. The van der Waals surface area contributed by atoms with Crippen molar-refractivity contribution in [2.45, 2.75) is 51.4 Å². The predicted octanol–water partition coefficient (Wildman–Crippen LogP) is 1.98. The van der Waals surface area contributed by atoms with Gasteiger partial charge in [0.15, 0.2) is 0 Å². The molecule has 0 aromatic heterocycles. The Balaban J connectivity index is 0.00000243. The van der Waals surface area contributed by atoms with E-state index in [0.29, 0.717) is 30.2 Å². The van der Waals surface area contributed by atoms with E-state index in [-0.39, 0.29) is 18.3 Å². The molecular formula is C18H27BClFN2O3. The van der Waals surface area contributed by atoms with Crippen molar-refractivity contribution in [1.82, 2.24) is 10.2 Å². The molecule has 2 saturated heterocycles. The fourth-order valence-corrected chi connectivity index (χ4v) is 3.21. The van der Waals surface area contributed by atoms with E-state index in [1.807, 2.05) is 34.7 Å². The monoisotopic (exact) mass is 384 g/mol. The van der Waals surface area contributed by atoms with Crippen LogP contribution in [0.3, 0.4) is 0 Å². The predicted molar refractivity (Wildman–Crippen MR) is 103 cm³/mol. The fraction of sp³-hybridized carbons (Fsp3) is 0.611. The van der Waals surface area contributed by atoms with Crippen LogP contribution in [0.2, 0.25) is 0 Å². The van der Waals surface area contributed by atoms with Crippen molar-refractivity contribution in [2.24, 2.45) is 0 Å². The molecule has 1 N–H and O–H groups in total. The van der Waals surface area contributed by atoms with Crippen LogP contribution in [0.5, 0.6) is 0 Å². The minimum atomic E-state index is -0.684. The van der Waals surface area contributed by atoms with E-state index in [4.69, 9.17) is 9.31 Å². The first-order chi connectivity index (χ1) is 11.6. The second-order valence-electron chi connectivity index (χ2n) is 7.89. The van der Waals surface area contributed by atoms with Gasteiger partial charge in [0.25, 0.3) is 5.91 Å². The second-order valence-corrected chi connectivity index (χ2v) is 7.89. The van der Waals surface area contributed by atoms with Gasteiger partial charge in [-0.3, -0.25) is 4.79 Å². The number of likely N-dealkylation sites (tertiary alicyclic amines) is 1. The Hall–Kier alpha value is -1.15. The van der Waals surface area contributed by atoms with Gasteiger partial charge < -0.3 is 19.5 Å². The molecule has 0 unspecified atom stereocenters. The van der Waals surface area contributed by atoms with Crippen molar-refractivity contribution < 1.29 is 18.5 Å². The molecule has 0 radical (unpaired) electrons. The summed E-state index contributed by atoms with van der Waals surface area (Å²) in [5.74, 6) is -0.616. The van der Waals surface area contributed by atoms with E-state index < -0.39 is 24.1 Å². The number of amides is 1. The fourth-order valence-electron chi connectivity index (χ4n) is 3.21. The average Bonchev–Trinajstić information content (AvgIpc) is 3.08.